The molecule has 0 heterocycles. The standard InChI is InChI=1S/C22H22N2OS/c1-26-17-21(25)23-24-22(18-11-5-2-6-12-18,19-13-7-3-8-14-19)20-15-9-4-10-16-20/h2-16,24H,17H2,1H3,(H,23,25). The molecule has 0 aliphatic rings. The van der Waals surface area contributed by atoms with Crippen LogP contribution in [0.1, 0.15) is 16.7 Å². The summed E-state index contributed by atoms with van der Waals surface area (Å²) in [7, 11) is 0. The van der Waals surface area contributed by atoms with E-state index in [-0.39, 0.29) is 5.91 Å². The summed E-state index contributed by atoms with van der Waals surface area (Å²) in [6.45, 7) is 0. The third-order valence-corrected chi connectivity index (χ3v) is 4.84. The highest BCUT2D eigenvalue weighted by Gasteiger charge is 2.36. The van der Waals surface area contributed by atoms with Crippen molar-refractivity contribution >= 4 is 17.7 Å². The van der Waals surface area contributed by atoms with Gasteiger partial charge in [-0.2, -0.15) is 11.8 Å². The molecule has 26 heavy (non-hydrogen) atoms. The maximum absolute atomic E-state index is 12.2. The van der Waals surface area contributed by atoms with Gasteiger partial charge in [-0.25, -0.2) is 5.43 Å². The Morgan fingerprint density at radius 3 is 1.50 bits per heavy atom. The molecule has 132 valence electrons. The van der Waals surface area contributed by atoms with E-state index in [0.717, 1.165) is 16.7 Å². The van der Waals surface area contributed by atoms with Crippen LogP contribution in [0.15, 0.2) is 91.0 Å². The SMILES string of the molecule is CSCC(=O)NNC(c1ccccc1)(c1ccccc1)c1ccccc1. The normalized spacial score (nSPS) is 11.1. The average molecular weight is 362 g/mol. The molecule has 4 heteroatoms. The van der Waals surface area contributed by atoms with E-state index in [1.165, 1.54) is 11.8 Å². The first-order valence-corrected chi connectivity index (χ1v) is 9.88. The van der Waals surface area contributed by atoms with Gasteiger partial charge in [-0.1, -0.05) is 91.0 Å². The first-order valence-electron chi connectivity index (χ1n) is 8.49. The molecule has 0 unspecified atom stereocenters. The number of amides is 1. The molecule has 0 spiro atoms. The Bertz CT molecular complexity index is 726. The Hall–Kier alpha value is -2.56. The number of carbonyl (C=O) groups excluding carboxylic acids is 1. The van der Waals surface area contributed by atoms with Gasteiger partial charge in [0, 0.05) is 0 Å². The third-order valence-electron chi connectivity index (χ3n) is 4.29. The summed E-state index contributed by atoms with van der Waals surface area (Å²) in [4.78, 5) is 12.2. The van der Waals surface area contributed by atoms with E-state index in [1.54, 1.807) is 0 Å². The summed E-state index contributed by atoms with van der Waals surface area (Å²) in [5.41, 5.74) is 8.75. The van der Waals surface area contributed by atoms with Gasteiger partial charge in [-0.15, -0.1) is 0 Å². The Kier molecular flexibility index (Phi) is 6.10. The van der Waals surface area contributed by atoms with Crippen LogP contribution in [-0.4, -0.2) is 17.9 Å². The molecule has 0 saturated heterocycles. The van der Waals surface area contributed by atoms with Gasteiger partial charge in [0.2, 0.25) is 5.91 Å². The van der Waals surface area contributed by atoms with Gasteiger partial charge in [0.15, 0.2) is 0 Å². The van der Waals surface area contributed by atoms with Gasteiger partial charge in [0.1, 0.15) is 5.54 Å². The molecule has 0 aromatic heterocycles. The van der Waals surface area contributed by atoms with Crippen LogP contribution in [0.25, 0.3) is 0 Å². The number of thioether (sulfide) groups is 1. The summed E-state index contributed by atoms with van der Waals surface area (Å²) in [5, 5.41) is 0. The minimum atomic E-state index is -0.683. The molecule has 3 aromatic carbocycles. The minimum Gasteiger partial charge on any atom is -0.289 e. The van der Waals surface area contributed by atoms with Crippen molar-refractivity contribution in [1.29, 1.82) is 0 Å². The largest absolute Gasteiger partial charge is 0.289 e. The average Bonchev–Trinajstić information content (AvgIpc) is 2.71. The van der Waals surface area contributed by atoms with Crippen molar-refractivity contribution < 1.29 is 4.79 Å². The smallest absolute Gasteiger partial charge is 0.244 e. The zero-order valence-corrected chi connectivity index (χ0v) is 15.5. The van der Waals surface area contributed by atoms with E-state index in [1.807, 2.05) is 60.9 Å². The molecule has 3 aromatic rings. The first-order chi connectivity index (χ1) is 12.8. The highest BCUT2D eigenvalue weighted by atomic mass is 32.2. The van der Waals surface area contributed by atoms with Crippen LogP contribution >= 0.6 is 11.8 Å². The fourth-order valence-electron chi connectivity index (χ4n) is 3.11. The second kappa shape index (κ2) is 8.70. The third kappa shape index (κ3) is 3.82. The molecule has 0 aliphatic carbocycles. The molecule has 0 aliphatic heterocycles. The zero-order valence-electron chi connectivity index (χ0n) is 14.7. The van der Waals surface area contributed by atoms with Crippen LogP contribution < -0.4 is 10.9 Å². The zero-order chi connectivity index (χ0) is 18.2. The second-order valence-electron chi connectivity index (χ2n) is 5.95. The number of hydrazine groups is 1. The predicted molar refractivity (Wildman–Crippen MR) is 109 cm³/mol. The maximum atomic E-state index is 12.2. The summed E-state index contributed by atoms with van der Waals surface area (Å²) in [5.74, 6) is 0.353. The number of hydrogen-bond acceptors (Lipinski definition) is 3. The molecule has 0 bridgehead atoms. The monoisotopic (exact) mass is 362 g/mol. The Labute approximate surface area is 158 Å². The van der Waals surface area contributed by atoms with Crippen LogP contribution in [0, 0.1) is 0 Å². The van der Waals surface area contributed by atoms with Gasteiger partial charge in [-0.3, -0.25) is 10.2 Å². The Morgan fingerprint density at radius 1 is 0.769 bits per heavy atom. The molecule has 0 saturated carbocycles. The number of carbonyl (C=O) groups is 1. The van der Waals surface area contributed by atoms with Crippen molar-refractivity contribution in [2.75, 3.05) is 12.0 Å². The van der Waals surface area contributed by atoms with Gasteiger partial charge in [0.25, 0.3) is 0 Å². The molecule has 0 fully saturated rings. The van der Waals surface area contributed by atoms with E-state index < -0.39 is 5.54 Å². The topological polar surface area (TPSA) is 41.1 Å². The van der Waals surface area contributed by atoms with E-state index in [2.05, 4.69) is 47.2 Å². The Balaban J connectivity index is 2.16. The first kappa shape index (κ1) is 18.2. The van der Waals surface area contributed by atoms with Crippen molar-refractivity contribution in [2.45, 2.75) is 5.54 Å². The lowest BCUT2D eigenvalue weighted by Gasteiger charge is -2.37. The minimum absolute atomic E-state index is 0.0512. The van der Waals surface area contributed by atoms with Crippen LogP contribution in [0.2, 0.25) is 0 Å². The van der Waals surface area contributed by atoms with E-state index in [4.69, 9.17) is 0 Å². The van der Waals surface area contributed by atoms with Gasteiger partial charge >= 0.3 is 0 Å². The van der Waals surface area contributed by atoms with Gasteiger partial charge < -0.3 is 0 Å². The van der Waals surface area contributed by atoms with E-state index >= 15 is 0 Å². The quantitative estimate of drug-likeness (QED) is 0.494. The van der Waals surface area contributed by atoms with Crippen molar-refractivity contribution in [3.63, 3.8) is 0 Å². The van der Waals surface area contributed by atoms with Crippen molar-refractivity contribution in [3.8, 4) is 0 Å². The number of rotatable bonds is 7. The fraction of sp³-hybridized carbons (Fsp3) is 0.136. The summed E-state index contributed by atoms with van der Waals surface area (Å²) >= 11 is 1.50. The van der Waals surface area contributed by atoms with Crippen molar-refractivity contribution in [1.82, 2.24) is 10.9 Å². The lowest BCUT2D eigenvalue weighted by Crippen LogP contribution is -2.54. The molecule has 0 radical (unpaired) electrons. The Morgan fingerprint density at radius 2 is 1.15 bits per heavy atom. The molecule has 0 atom stereocenters. The summed E-state index contributed by atoms with van der Waals surface area (Å²) in [6.07, 6.45) is 1.92. The molecular weight excluding hydrogens is 340 g/mol. The number of nitrogens with one attached hydrogen (secondary N) is 2. The number of hydrogen-bond donors (Lipinski definition) is 2. The fourth-order valence-corrected chi connectivity index (χ4v) is 3.45. The van der Waals surface area contributed by atoms with Crippen LogP contribution in [0.5, 0.6) is 0 Å². The lowest BCUT2D eigenvalue weighted by molar-refractivity contribution is -0.119. The van der Waals surface area contributed by atoms with Crippen LogP contribution in [0.3, 0.4) is 0 Å². The van der Waals surface area contributed by atoms with Gasteiger partial charge in [0.05, 0.1) is 5.75 Å². The molecule has 3 nitrogen and oxygen atoms in total. The number of benzene rings is 3. The highest BCUT2D eigenvalue weighted by molar-refractivity contribution is 7.99. The van der Waals surface area contributed by atoms with Crippen LogP contribution in [-0.2, 0) is 10.3 Å². The van der Waals surface area contributed by atoms with Crippen molar-refractivity contribution in [3.05, 3.63) is 108 Å². The summed E-state index contributed by atoms with van der Waals surface area (Å²) in [6, 6.07) is 30.5. The predicted octanol–water partition coefficient (Wildman–Crippen LogP) is 3.96. The van der Waals surface area contributed by atoms with E-state index in [9.17, 15) is 4.79 Å². The highest BCUT2D eigenvalue weighted by Crippen LogP contribution is 2.36. The van der Waals surface area contributed by atoms with Gasteiger partial charge in [-0.05, 0) is 22.9 Å². The molecule has 2 N–H and O–H groups in total. The molecular formula is C22H22N2OS. The molecule has 1 amide bonds. The summed E-state index contributed by atoms with van der Waals surface area (Å²) < 4.78 is 0. The van der Waals surface area contributed by atoms with Crippen LogP contribution in [0.4, 0.5) is 0 Å². The molecule has 3 rings (SSSR count). The van der Waals surface area contributed by atoms with E-state index in [0.29, 0.717) is 5.75 Å². The second-order valence-corrected chi connectivity index (χ2v) is 6.82. The lowest BCUT2D eigenvalue weighted by atomic mass is 9.77. The van der Waals surface area contributed by atoms with Crippen molar-refractivity contribution in [2.24, 2.45) is 0 Å². The maximum Gasteiger partial charge on any atom is 0.244 e.